The number of halogens is 1. The van der Waals surface area contributed by atoms with Gasteiger partial charge in [0, 0.05) is 51.2 Å². The summed E-state index contributed by atoms with van der Waals surface area (Å²) in [7, 11) is 0. The van der Waals surface area contributed by atoms with Crippen molar-refractivity contribution in [2.75, 3.05) is 55.7 Å². The van der Waals surface area contributed by atoms with Gasteiger partial charge in [-0.25, -0.2) is 14.2 Å². The van der Waals surface area contributed by atoms with Gasteiger partial charge in [0.15, 0.2) is 11.8 Å². The van der Waals surface area contributed by atoms with E-state index in [1.54, 1.807) is 46.9 Å². The molecule has 2 aromatic heterocycles. The van der Waals surface area contributed by atoms with Crippen molar-refractivity contribution in [3.63, 3.8) is 0 Å². The molecule has 13 nitrogen and oxygen atoms in total. The van der Waals surface area contributed by atoms with E-state index >= 15 is 4.39 Å². The highest BCUT2D eigenvalue weighted by Crippen LogP contribution is 2.28. The normalized spacial score (nSPS) is 17.2. The molecule has 2 saturated heterocycles. The summed E-state index contributed by atoms with van der Waals surface area (Å²) < 4.78 is 27.0. The van der Waals surface area contributed by atoms with Crippen LogP contribution in [-0.4, -0.2) is 95.1 Å². The SMILES string of the molecule is CCC(=O)OCC1CN(c2ccc(N3CCN(C(=O)CNC(=O)c4cn5ccncc5n4)CC3)c(F)c2)C(=O)O1. The summed E-state index contributed by atoms with van der Waals surface area (Å²) in [4.78, 5) is 61.6. The van der Waals surface area contributed by atoms with Crippen molar-refractivity contribution in [1.29, 1.82) is 0 Å². The van der Waals surface area contributed by atoms with Gasteiger partial charge in [-0.15, -0.1) is 0 Å². The van der Waals surface area contributed by atoms with Gasteiger partial charge in [-0.1, -0.05) is 6.92 Å². The Morgan fingerprint density at radius 2 is 2.00 bits per heavy atom. The van der Waals surface area contributed by atoms with E-state index in [1.165, 1.54) is 17.2 Å². The zero-order valence-electron chi connectivity index (χ0n) is 21.8. The van der Waals surface area contributed by atoms with Gasteiger partial charge >= 0.3 is 12.1 Å². The number of hydrogen-bond donors (Lipinski definition) is 1. The second kappa shape index (κ2) is 11.6. The quantitative estimate of drug-likeness (QED) is 0.408. The zero-order chi connectivity index (χ0) is 28.2. The summed E-state index contributed by atoms with van der Waals surface area (Å²) in [5, 5.41) is 2.60. The van der Waals surface area contributed by atoms with E-state index in [1.807, 2.05) is 4.90 Å². The summed E-state index contributed by atoms with van der Waals surface area (Å²) in [6.07, 6.45) is 5.30. The van der Waals surface area contributed by atoms with Crippen LogP contribution < -0.4 is 15.1 Å². The van der Waals surface area contributed by atoms with Gasteiger partial charge in [-0.3, -0.25) is 24.3 Å². The Balaban J connectivity index is 1.11. The van der Waals surface area contributed by atoms with Crippen LogP contribution in [0.5, 0.6) is 0 Å². The van der Waals surface area contributed by atoms with Crippen LogP contribution in [0.25, 0.3) is 5.65 Å². The van der Waals surface area contributed by atoms with Crippen LogP contribution in [0.15, 0.2) is 43.0 Å². The Morgan fingerprint density at radius 3 is 2.73 bits per heavy atom. The Bertz CT molecular complexity index is 1400. The lowest BCUT2D eigenvalue weighted by Crippen LogP contribution is -2.51. The standard InChI is InChI=1S/C26H28FN7O6/c1-2-24(36)39-16-18-14-34(26(38)40-18)17-3-4-21(19(27)11-17)31-7-9-32(10-8-31)23(35)13-29-25(37)20-15-33-6-5-28-12-22(33)30-20/h3-6,11-12,15,18H,2,7-10,13-14,16H2,1H3,(H,29,37). The van der Waals surface area contributed by atoms with Crippen molar-refractivity contribution < 1.29 is 33.0 Å². The summed E-state index contributed by atoms with van der Waals surface area (Å²) in [5.41, 5.74) is 1.39. The molecule has 0 aliphatic carbocycles. The predicted molar refractivity (Wildman–Crippen MR) is 139 cm³/mol. The van der Waals surface area contributed by atoms with Gasteiger partial charge in [-0.2, -0.15) is 0 Å². The maximum Gasteiger partial charge on any atom is 0.414 e. The molecule has 1 unspecified atom stereocenters. The fourth-order valence-corrected chi connectivity index (χ4v) is 4.53. The largest absolute Gasteiger partial charge is 0.462 e. The fourth-order valence-electron chi connectivity index (χ4n) is 4.53. The lowest BCUT2D eigenvalue weighted by atomic mass is 10.2. The van der Waals surface area contributed by atoms with E-state index in [0.717, 1.165) is 0 Å². The van der Waals surface area contributed by atoms with Gasteiger partial charge in [0.1, 0.15) is 18.1 Å². The highest BCUT2D eigenvalue weighted by Gasteiger charge is 2.34. The summed E-state index contributed by atoms with van der Waals surface area (Å²) in [5.74, 6) is -1.62. The molecule has 2 aliphatic heterocycles. The molecule has 1 atom stereocenters. The number of nitrogens with one attached hydrogen (secondary N) is 1. The third-order valence-electron chi connectivity index (χ3n) is 6.71. The Kier molecular flexibility index (Phi) is 7.75. The number of rotatable bonds is 8. The van der Waals surface area contributed by atoms with Gasteiger partial charge in [0.25, 0.3) is 5.91 Å². The first-order valence-corrected chi connectivity index (χ1v) is 12.9. The zero-order valence-corrected chi connectivity index (χ0v) is 21.8. The molecule has 2 aliphatic rings. The second-order valence-corrected chi connectivity index (χ2v) is 9.31. The average molecular weight is 554 g/mol. The van der Waals surface area contributed by atoms with E-state index in [4.69, 9.17) is 9.47 Å². The van der Waals surface area contributed by atoms with Gasteiger partial charge < -0.3 is 29.0 Å². The third kappa shape index (κ3) is 5.80. The van der Waals surface area contributed by atoms with E-state index in [-0.39, 0.29) is 37.7 Å². The van der Waals surface area contributed by atoms with E-state index in [9.17, 15) is 19.2 Å². The molecule has 1 N–H and O–H groups in total. The number of benzene rings is 1. The minimum atomic E-state index is -0.637. The summed E-state index contributed by atoms with van der Waals surface area (Å²) in [6.45, 7) is 3.07. The first-order chi connectivity index (χ1) is 19.3. The molecule has 0 bridgehead atoms. The fraction of sp³-hybridized carbons (Fsp3) is 0.385. The van der Waals surface area contributed by atoms with Gasteiger partial charge in [-0.05, 0) is 18.2 Å². The number of aromatic nitrogens is 3. The number of hydrogen-bond acceptors (Lipinski definition) is 9. The van der Waals surface area contributed by atoms with Crippen LogP contribution >= 0.6 is 0 Å². The molecule has 0 radical (unpaired) electrons. The molecule has 5 rings (SSSR count). The molecular weight excluding hydrogens is 525 g/mol. The molecule has 14 heteroatoms. The molecule has 210 valence electrons. The molecule has 0 spiro atoms. The number of piperazine rings is 1. The average Bonchev–Trinajstić information content (AvgIpc) is 3.58. The Morgan fingerprint density at radius 1 is 1.20 bits per heavy atom. The number of esters is 1. The van der Waals surface area contributed by atoms with Crippen LogP contribution in [-0.2, 0) is 19.1 Å². The maximum atomic E-state index is 15.1. The monoisotopic (exact) mass is 553 g/mol. The third-order valence-corrected chi connectivity index (χ3v) is 6.71. The summed E-state index contributed by atoms with van der Waals surface area (Å²) in [6, 6.07) is 4.48. The highest BCUT2D eigenvalue weighted by molar-refractivity contribution is 5.95. The number of cyclic esters (lactones) is 1. The minimum Gasteiger partial charge on any atom is -0.462 e. The van der Waals surface area contributed by atoms with Crippen molar-refractivity contribution >= 4 is 40.9 Å². The van der Waals surface area contributed by atoms with Crippen molar-refractivity contribution in [3.05, 3.63) is 54.5 Å². The number of amides is 3. The Labute approximate surface area is 228 Å². The number of carbonyl (C=O) groups excluding carboxylic acids is 4. The molecule has 0 saturated carbocycles. The molecule has 4 heterocycles. The number of fused-ring (bicyclic) bond motifs is 1. The van der Waals surface area contributed by atoms with Gasteiger partial charge in [0.2, 0.25) is 5.91 Å². The van der Waals surface area contributed by atoms with Crippen LogP contribution in [0.4, 0.5) is 20.6 Å². The van der Waals surface area contributed by atoms with Gasteiger partial charge in [0.05, 0.1) is 30.7 Å². The van der Waals surface area contributed by atoms with Crippen molar-refractivity contribution in [3.8, 4) is 0 Å². The molecule has 40 heavy (non-hydrogen) atoms. The second-order valence-electron chi connectivity index (χ2n) is 9.31. The van der Waals surface area contributed by atoms with Crippen LogP contribution in [0.1, 0.15) is 23.8 Å². The topological polar surface area (TPSA) is 139 Å². The summed E-state index contributed by atoms with van der Waals surface area (Å²) >= 11 is 0. The predicted octanol–water partition coefficient (Wildman–Crippen LogP) is 1.23. The molecule has 2 fully saturated rings. The Hall–Kier alpha value is -4.75. The number of anilines is 2. The maximum absolute atomic E-state index is 15.1. The lowest BCUT2D eigenvalue weighted by Gasteiger charge is -2.36. The van der Waals surface area contributed by atoms with Crippen LogP contribution in [0.3, 0.4) is 0 Å². The van der Waals surface area contributed by atoms with Crippen molar-refractivity contribution in [2.24, 2.45) is 0 Å². The van der Waals surface area contributed by atoms with E-state index < -0.39 is 29.9 Å². The van der Waals surface area contributed by atoms with E-state index in [0.29, 0.717) is 43.2 Å². The molecule has 3 aromatic rings. The van der Waals surface area contributed by atoms with E-state index in [2.05, 4.69) is 15.3 Å². The minimum absolute atomic E-state index is 0.0552. The first-order valence-electron chi connectivity index (χ1n) is 12.9. The van der Waals surface area contributed by atoms with Crippen molar-refractivity contribution in [2.45, 2.75) is 19.4 Å². The smallest absolute Gasteiger partial charge is 0.414 e. The molecule has 1 aromatic carbocycles. The number of ether oxygens (including phenoxy) is 2. The lowest BCUT2D eigenvalue weighted by molar-refractivity contribution is -0.145. The van der Waals surface area contributed by atoms with Crippen molar-refractivity contribution in [1.82, 2.24) is 24.6 Å². The molecular formula is C26H28FN7O6. The van der Waals surface area contributed by atoms with Crippen LogP contribution in [0, 0.1) is 5.82 Å². The number of imidazole rings is 1. The van der Waals surface area contributed by atoms with Crippen LogP contribution in [0.2, 0.25) is 0 Å². The number of carbonyl (C=O) groups is 4. The molecule has 3 amide bonds. The number of nitrogens with zero attached hydrogens (tertiary/aromatic N) is 6. The highest BCUT2D eigenvalue weighted by atomic mass is 19.1. The first kappa shape index (κ1) is 26.8.